The maximum absolute atomic E-state index is 12.2. The molecule has 0 fully saturated rings. The van der Waals surface area contributed by atoms with E-state index in [1.54, 1.807) is 12.4 Å². The number of hydrogen-bond acceptors (Lipinski definition) is 4. The van der Waals surface area contributed by atoms with Crippen LogP contribution in [0.1, 0.15) is 16.7 Å². The Morgan fingerprint density at radius 2 is 1.57 bits per heavy atom. The lowest BCUT2D eigenvalue weighted by atomic mass is 10.2. The predicted molar refractivity (Wildman–Crippen MR) is 90.2 cm³/mol. The van der Waals surface area contributed by atoms with Crippen molar-refractivity contribution in [1.82, 2.24) is 14.7 Å². The van der Waals surface area contributed by atoms with E-state index in [1.165, 1.54) is 0 Å². The van der Waals surface area contributed by atoms with E-state index in [2.05, 4.69) is 14.7 Å². The molecule has 0 atom stereocenters. The Labute approximate surface area is 135 Å². The molecule has 23 heavy (non-hydrogen) atoms. The van der Waals surface area contributed by atoms with Crippen molar-refractivity contribution in [2.75, 3.05) is 0 Å². The maximum atomic E-state index is 12.2. The first-order valence-corrected chi connectivity index (χ1v) is 8.90. The average Bonchev–Trinajstić information content (AvgIpc) is 2.55. The molecule has 0 saturated carbocycles. The Morgan fingerprint density at radius 3 is 2.30 bits per heavy atom. The molecule has 2 aromatic carbocycles. The molecule has 0 amide bonds. The molecular formula is C17H17N3O2S. The fourth-order valence-electron chi connectivity index (χ4n) is 2.27. The molecule has 0 aliphatic rings. The number of nitrogens with zero attached hydrogens (tertiary/aromatic N) is 2. The zero-order valence-electron chi connectivity index (χ0n) is 12.7. The van der Waals surface area contributed by atoms with Crippen molar-refractivity contribution < 1.29 is 8.42 Å². The van der Waals surface area contributed by atoms with Gasteiger partial charge in [-0.3, -0.25) is 9.97 Å². The van der Waals surface area contributed by atoms with Gasteiger partial charge in [0.25, 0.3) is 0 Å². The average molecular weight is 327 g/mol. The molecule has 0 saturated heterocycles. The number of benzene rings is 2. The van der Waals surface area contributed by atoms with Gasteiger partial charge < -0.3 is 0 Å². The molecule has 1 heterocycles. The van der Waals surface area contributed by atoms with E-state index in [-0.39, 0.29) is 12.3 Å². The summed E-state index contributed by atoms with van der Waals surface area (Å²) in [5.74, 6) is -0.0271. The summed E-state index contributed by atoms with van der Waals surface area (Å²) in [6.45, 7) is 2.21. The van der Waals surface area contributed by atoms with Crippen molar-refractivity contribution in [2.45, 2.75) is 19.2 Å². The molecule has 6 heteroatoms. The van der Waals surface area contributed by atoms with Crippen LogP contribution in [0.25, 0.3) is 11.0 Å². The van der Waals surface area contributed by atoms with E-state index in [4.69, 9.17) is 0 Å². The lowest BCUT2D eigenvalue weighted by Crippen LogP contribution is -2.24. The van der Waals surface area contributed by atoms with Gasteiger partial charge >= 0.3 is 0 Å². The van der Waals surface area contributed by atoms with Gasteiger partial charge in [0.15, 0.2) is 0 Å². The molecule has 3 aromatic rings. The van der Waals surface area contributed by atoms with E-state index >= 15 is 0 Å². The number of aryl methyl sites for hydroxylation is 1. The van der Waals surface area contributed by atoms with E-state index in [0.717, 1.165) is 27.7 Å². The Bertz CT molecular complexity index is 922. The van der Waals surface area contributed by atoms with Crippen molar-refractivity contribution >= 4 is 21.1 Å². The van der Waals surface area contributed by atoms with Gasteiger partial charge in [-0.15, -0.1) is 0 Å². The van der Waals surface area contributed by atoms with Crippen LogP contribution >= 0.6 is 0 Å². The lowest BCUT2D eigenvalue weighted by Gasteiger charge is -2.08. The zero-order chi connectivity index (χ0) is 16.3. The maximum Gasteiger partial charge on any atom is 0.216 e. The highest BCUT2D eigenvalue weighted by atomic mass is 32.2. The molecule has 0 aliphatic heterocycles. The van der Waals surface area contributed by atoms with Crippen LogP contribution < -0.4 is 4.72 Å². The monoisotopic (exact) mass is 327 g/mol. The zero-order valence-corrected chi connectivity index (χ0v) is 13.5. The molecular weight excluding hydrogens is 310 g/mol. The van der Waals surface area contributed by atoms with Crippen LogP contribution in [0.3, 0.4) is 0 Å². The second-order valence-electron chi connectivity index (χ2n) is 5.45. The number of nitrogens with one attached hydrogen (secondary N) is 1. The topological polar surface area (TPSA) is 72.0 Å². The van der Waals surface area contributed by atoms with Gasteiger partial charge in [-0.05, 0) is 30.2 Å². The van der Waals surface area contributed by atoms with Crippen LogP contribution in [0.4, 0.5) is 0 Å². The number of rotatable bonds is 5. The molecule has 5 nitrogen and oxygen atoms in total. The third kappa shape index (κ3) is 4.12. The van der Waals surface area contributed by atoms with Crippen molar-refractivity contribution in [3.05, 3.63) is 71.5 Å². The van der Waals surface area contributed by atoms with Crippen molar-refractivity contribution in [2.24, 2.45) is 0 Å². The van der Waals surface area contributed by atoms with Crippen LogP contribution in [-0.4, -0.2) is 18.4 Å². The molecule has 118 valence electrons. The normalized spacial score (nSPS) is 11.7. The molecule has 1 aromatic heterocycles. The van der Waals surface area contributed by atoms with Crippen molar-refractivity contribution in [1.29, 1.82) is 0 Å². The smallest absolute Gasteiger partial charge is 0.216 e. The third-order valence-electron chi connectivity index (χ3n) is 3.51. The molecule has 0 spiro atoms. The first-order chi connectivity index (χ1) is 11.0. The van der Waals surface area contributed by atoms with Gasteiger partial charge in [0.1, 0.15) is 0 Å². The Balaban J connectivity index is 1.69. The fraction of sp³-hybridized carbons (Fsp3) is 0.176. The number of sulfonamides is 1. The summed E-state index contributed by atoms with van der Waals surface area (Å²) in [7, 11) is -3.38. The van der Waals surface area contributed by atoms with Crippen LogP contribution in [0, 0.1) is 6.92 Å². The lowest BCUT2D eigenvalue weighted by molar-refractivity contribution is 0.580. The SMILES string of the molecule is Cc1ccc(CS(=O)(=O)NCc2ccc3nccnc3c2)cc1. The van der Waals surface area contributed by atoms with Gasteiger partial charge in [-0.1, -0.05) is 35.9 Å². The van der Waals surface area contributed by atoms with Crippen LogP contribution in [0.2, 0.25) is 0 Å². The summed E-state index contributed by atoms with van der Waals surface area (Å²) in [5, 5.41) is 0. The molecule has 1 N–H and O–H groups in total. The highest BCUT2D eigenvalue weighted by Gasteiger charge is 2.11. The highest BCUT2D eigenvalue weighted by Crippen LogP contribution is 2.12. The van der Waals surface area contributed by atoms with E-state index < -0.39 is 10.0 Å². The summed E-state index contributed by atoms with van der Waals surface area (Å²) in [6.07, 6.45) is 3.25. The van der Waals surface area contributed by atoms with Crippen LogP contribution in [-0.2, 0) is 22.3 Å². The summed E-state index contributed by atoms with van der Waals surface area (Å²) in [4.78, 5) is 8.42. The van der Waals surface area contributed by atoms with E-state index in [9.17, 15) is 8.42 Å². The van der Waals surface area contributed by atoms with Gasteiger partial charge in [-0.2, -0.15) is 0 Å². The first-order valence-electron chi connectivity index (χ1n) is 7.24. The van der Waals surface area contributed by atoms with E-state index in [0.29, 0.717) is 0 Å². The molecule has 3 rings (SSSR count). The van der Waals surface area contributed by atoms with Crippen LogP contribution in [0.15, 0.2) is 54.9 Å². The minimum absolute atomic E-state index is 0.0271. The minimum atomic E-state index is -3.38. The Morgan fingerprint density at radius 1 is 0.913 bits per heavy atom. The fourth-order valence-corrected chi connectivity index (χ4v) is 3.39. The molecule has 0 aliphatic carbocycles. The number of fused-ring (bicyclic) bond motifs is 1. The number of hydrogen-bond donors (Lipinski definition) is 1. The van der Waals surface area contributed by atoms with Gasteiger partial charge in [0.2, 0.25) is 10.0 Å². The van der Waals surface area contributed by atoms with Crippen LogP contribution in [0.5, 0.6) is 0 Å². The Hall–Kier alpha value is -2.31. The van der Waals surface area contributed by atoms with E-state index in [1.807, 2.05) is 49.4 Å². The third-order valence-corrected chi connectivity index (χ3v) is 4.80. The largest absolute Gasteiger partial charge is 0.253 e. The van der Waals surface area contributed by atoms with Crippen molar-refractivity contribution in [3.8, 4) is 0 Å². The summed E-state index contributed by atoms with van der Waals surface area (Å²) >= 11 is 0. The molecule has 0 bridgehead atoms. The van der Waals surface area contributed by atoms with Gasteiger partial charge in [0, 0.05) is 18.9 Å². The van der Waals surface area contributed by atoms with Gasteiger partial charge in [0.05, 0.1) is 16.8 Å². The second-order valence-corrected chi connectivity index (χ2v) is 7.25. The second kappa shape index (κ2) is 6.44. The van der Waals surface area contributed by atoms with Gasteiger partial charge in [-0.25, -0.2) is 13.1 Å². The summed E-state index contributed by atoms with van der Waals surface area (Å²) in [5.41, 5.74) is 4.27. The molecule has 0 unspecified atom stereocenters. The highest BCUT2D eigenvalue weighted by molar-refractivity contribution is 7.88. The summed E-state index contributed by atoms with van der Waals surface area (Å²) in [6, 6.07) is 13.0. The summed E-state index contributed by atoms with van der Waals surface area (Å²) < 4.78 is 27.0. The predicted octanol–water partition coefficient (Wildman–Crippen LogP) is 2.56. The first kappa shape index (κ1) is 15.6. The Kier molecular flexibility index (Phi) is 4.36. The molecule has 0 radical (unpaired) electrons. The number of aromatic nitrogens is 2. The quantitative estimate of drug-likeness (QED) is 0.782. The standard InChI is InChI=1S/C17H17N3O2S/c1-13-2-4-14(5-3-13)12-23(21,22)20-11-15-6-7-16-17(10-15)19-9-8-18-16/h2-10,20H,11-12H2,1H3. The minimum Gasteiger partial charge on any atom is -0.253 e. The van der Waals surface area contributed by atoms with Crippen molar-refractivity contribution in [3.63, 3.8) is 0 Å².